The summed E-state index contributed by atoms with van der Waals surface area (Å²) in [7, 11) is -4.41. The molecule has 0 fully saturated rings. The number of unbranched alkanes of at least 4 members (excludes halogenated alkanes) is 1. The van der Waals surface area contributed by atoms with Crippen molar-refractivity contribution in [1.82, 2.24) is 5.32 Å². The van der Waals surface area contributed by atoms with Crippen molar-refractivity contribution in [3.63, 3.8) is 0 Å². The van der Waals surface area contributed by atoms with Crippen molar-refractivity contribution in [3.8, 4) is 0 Å². The first-order chi connectivity index (χ1) is 21.3. The minimum Gasteiger partial charge on any atom is -0.463 e. The molecule has 9 nitrogen and oxygen atoms in total. The molecule has 0 saturated heterocycles. The fourth-order valence-electron chi connectivity index (χ4n) is 3.26. The number of carbonyl (C=O) groups is 2. The summed E-state index contributed by atoms with van der Waals surface area (Å²) < 4.78 is 26.2. The first kappa shape index (κ1) is 41.2. The van der Waals surface area contributed by atoms with E-state index in [2.05, 4.69) is 79.1 Å². The summed E-state index contributed by atoms with van der Waals surface area (Å²) in [6.07, 6.45) is 36.5. The standard InChI is InChI=1S/C34H54NO8P/c1-3-5-7-8-9-10-11-12-13-14-15-16-17-18-19-20-21-22-23-24-25-27-34(38)41-30-32(36)31-43-44(39,40)42-29-28-35-33(37)26-6-4-2/h5,7,9-10,12-13,15-16,18-19,21-22,24-25,32,36H,3-4,6,8,11,14,17,20,23,26-31H2,1-2H3,(H,35,37)(H,39,40)/b7-5-,10-9-,13-12-,16-15-,19-18-,22-21-,25-24-. The van der Waals surface area contributed by atoms with Crippen LogP contribution in [0.3, 0.4) is 0 Å². The molecule has 0 aromatic carbocycles. The molecule has 0 saturated carbocycles. The third-order valence-electron chi connectivity index (χ3n) is 5.62. The Labute approximate surface area is 264 Å². The lowest BCUT2D eigenvalue weighted by Crippen LogP contribution is -2.27. The van der Waals surface area contributed by atoms with Crippen LogP contribution in [0.4, 0.5) is 0 Å². The van der Waals surface area contributed by atoms with Gasteiger partial charge in [-0.1, -0.05) is 105 Å². The molecule has 0 radical (unpaired) electrons. The van der Waals surface area contributed by atoms with E-state index in [1.54, 1.807) is 6.08 Å². The molecule has 0 bridgehead atoms. The van der Waals surface area contributed by atoms with E-state index in [9.17, 15) is 24.2 Å². The third kappa shape index (κ3) is 30.6. The van der Waals surface area contributed by atoms with Crippen molar-refractivity contribution >= 4 is 19.7 Å². The van der Waals surface area contributed by atoms with Gasteiger partial charge in [-0.15, -0.1) is 0 Å². The van der Waals surface area contributed by atoms with Gasteiger partial charge in [0.1, 0.15) is 12.7 Å². The number of allylic oxidation sites excluding steroid dienone is 13. The van der Waals surface area contributed by atoms with E-state index in [4.69, 9.17) is 13.8 Å². The van der Waals surface area contributed by atoms with Gasteiger partial charge in [0, 0.05) is 13.0 Å². The number of hydrogen-bond donors (Lipinski definition) is 3. The van der Waals surface area contributed by atoms with E-state index < -0.39 is 26.5 Å². The molecular weight excluding hydrogens is 581 g/mol. The van der Waals surface area contributed by atoms with Gasteiger partial charge in [0.2, 0.25) is 5.91 Å². The highest BCUT2D eigenvalue weighted by Gasteiger charge is 2.23. The second kappa shape index (κ2) is 30.2. The van der Waals surface area contributed by atoms with Crippen LogP contribution in [-0.2, 0) is 27.9 Å². The van der Waals surface area contributed by atoms with E-state index >= 15 is 0 Å². The highest BCUT2D eigenvalue weighted by Crippen LogP contribution is 2.42. The summed E-state index contributed by atoms with van der Waals surface area (Å²) in [5, 5.41) is 12.4. The Morgan fingerprint density at radius 2 is 1.20 bits per heavy atom. The van der Waals surface area contributed by atoms with Crippen LogP contribution in [0.5, 0.6) is 0 Å². The molecule has 0 rings (SSSR count). The SMILES string of the molecule is CC/C=C\C/C=C\C/C=C\C/C=C\C/C=C\C/C=C\C/C=C\CC(=O)OCC(O)COP(=O)(O)OCCNC(=O)CCCC. The topological polar surface area (TPSA) is 131 Å². The van der Waals surface area contributed by atoms with Crippen molar-refractivity contribution < 1.29 is 37.9 Å². The predicted octanol–water partition coefficient (Wildman–Crippen LogP) is 7.36. The van der Waals surface area contributed by atoms with Gasteiger partial charge in [-0.3, -0.25) is 18.6 Å². The number of rotatable bonds is 27. The molecule has 0 aromatic heterocycles. The fourth-order valence-corrected chi connectivity index (χ4v) is 4.02. The maximum atomic E-state index is 11.8. The molecule has 0 heterocycles. The number of esters is 1. The van der Waals surface area contributed by atoms with Crippen LogP contribution in [0.2, 0.25) is 0 Å². The highest BCUT2D eigenvalue weighted by molar-refractivity contribution is 7.47. The maximum Gasteiger partial charge on any atom is 0.472 e. The summed E-state index contributed by atoms with van der Waals surface area (Å²) in [6, 6.07) is 0. The Balaban J connectivity index is 3.83. The zero-order valence-corrected chi connectivity index (χ0v) is 27.5. The Bertz CT molecular complexity index is 997. The smallest absolute Gasteiger partial charge is 0.463 e. The normalized spacial score (nSPS) is 14.7. The van der Waals surface area contributed by atoms with E-state index in [1.807, 2.05) is 19.1 Å². The van der Waals surface area contributed by atoms with E-state index in [0.29, 0.717) is 12.8 Å². The second-order valence-corrected chi connectivity index (χ2v) is 11.2. The predicted molar refractivity (Wildman–Crippen MR) is 178 cm³/mol. The van der Waals surface area contributed by atoms with Gasteiger partial charge in [-0.05, 0) is 51.4 Å². The fraction of sp³-hybridized carbons (Fsp3) is 0.529. The van der Waals surface area contributed by atoms with Crippen molar-refractivity contribution in [2.75, 3.05) is 26.4 Å². The monoisotopic (exact) mass is 635 g/mol. The molecule has 1 amide bonds. The Morgan fingerprint density at radius 3 is 1.68 bits per heavy atom. The zero-order chi connectivity index (χ0) is 32.6. The number of aliphatic hydroxyl groups excluding tert-OH is 1. The summed E-state index contributed by atoms with van der Waals surface area (Å²) in [5.41, 5.74) is 0. The van der Waals surface area contributed by atoms with Crippen LogP contribution < -0.4 is 5.32 Å². The molecule has 10 heteroatoms. The average molecular weight is 636 g/mol. The summed E-state index contributed by atoms with van der Waals surface area (Å²) in [6.45, 7) is 3.01. The van der Waals surface area contributed by atoms with E-state index in [1.165, 1.54) is 0 Å². The molecule has 3 N–H and O–H groups in total. The van der Waals surface area contributed by atoms with Crippen LogP contribution in [0, 0.1) is 0 Å². The molecule has 0 spiro atoms. The lowest BCUT2D eigenvalue weighted by molar-refractivity contribution is -0.146. The largest absolute Gasteiger partial charge is 0.472 e. The first-order valence-electron chi connectivity index (χ1n) is 15.6. The van der Waals surface area contributed by atoms with Gasteiger partial charge in [0.25, 0.3) is 0 Å². The van der Waals surface area contributed by atoms with Gasteiger partial charge in [0.15, 0.2) is 0 Å². The van der Waals surface area contributed by atoms with Gasteiger partial charge in [-0.2, -0.15) is 0 Å². The molecule has 2 atom stereocenters. The van der Waals surface area contributed by atoms with Crippen LogP contribution in [0.1, 0.15) is 84.5 Å². The maximum absolute atomic E-state index is 11.8. The number of ether oxygens (including phenoxy) is 1. The number of aliphatic hydroxyl groups is 1. The van der Waals surface area contributed by atoms with Crippen molar-refractivity contribution in [2.45, 2.75) is 90.6 Å². The van der Waals surface area contributed by atoms with Gasteiger partial charge in [0.05, 0.1) is 19.6 Å². The average Bonchev–Trinajstić information content (AvgIpc) is 3.00. The van der Waals surface area contributed by atoms with Gasteiger partial charge >= 0.3 is 13.8 Å². The summed E-state index contributed by atoms with van der Waals surface area (Å²) in [5.74, 6) is -0.699. The van der Waals surface area contributed by atoms with Gasteiger partial charge < -0.3 is 20.1 Å². The van der Waals surface area contributed by atoms with E-state index in [-0.39, 0.29) is 32.1 Å². The first-order valence-corrected chi connectivity index (χ1v) is 17.1. The highest BCUT2D eigenvalue weighted by atomic mass is 31.2. The van der Waals surface area contributed by atoms with Crippen LogP contribution in [0.25, 0.3) is 0 Å². The lowest BCUT2D eigenvalue weighted by atomic mass is 10.2. The number of phosphoric acid groups is 1. The van der Waals surface area contributed by atoms with Crippen LogP contribution in [-0.4, -0.2) is 54.3 Å². The molecule has 0 aliphatic rings. The van der Waals surface area contributed by atoms with Crippen molar-refractivity contribution in [1.29, 1.82) is 0 Å². The molecule has 0 aliphatic carbocycles. The van der Waals surface area contributed by atoms with E-state index in [0.717, 1.165) is 51.4 Å². The Hall–Kier alpha value is -2.81. The number of hydrogen-bond acceptors (Lipinski definition) is 7. The minimum absolute atomic E-state index is 0.0434. The quantitative estimate of drug-likeness (QED) is 0.0369. The number of nitrogens with one attached hydrogen (secondary N) is 1. The summed E-state index contributed by atoms with van der Waals surface area (Å²) in [4.78, 5) is 32.9. The molecule has 2 unspecified atom stereocenters. The Morgan fingerprint density at radius 1 is 0.727 bits per heavy atom. The zero-order valence-electron chi connectivity index (χ0n) is 26.6. The second-order valence-electron chi connectivity index (χ2n) is 9.71. The van der Waals surface area contributed by atoms with Crippen LogP contribution >= 0.6 is 7.82 Å². The minimum atomic E-state index is -4.41. The number of carbonyl (C=O) groups excluding carboxylic acids is 2. The molecule has 248 valence electrons. The summed E-state index contributed by atoms with van der Waals surface area (Å²) >= 11 is 0. The third-order valence-corrected chi connectivity index (χ3v) is 6.61. The number of phosphoric ester groups is 1. The number of amides is 1. The molecule has 44 heavy (non-hydrogen) atoms. The Kier molecular flexibility index (Phi) is 28.3. The molecule has 0 aromatic rings. The molecular formula is C34H54NO8P. The molecule has 0 aliphatic heterocycles. The lowest BCUT2D eigenvalue weighted by Gasteiger charge is -2.15. The van der Waals surface area contributed by atoms with Gasteiger partial charge in [-0.25, -0.2) is 4.57 Å². The van der Waals surface area contributed by atoms with Crippen molar-refractivity contribution in [2.24, 2.45) is 0 Å². The van der Waals surface area contributed by atoms with Crippen molar-refractivity contribution in [3.05, 3.63) is 85.1 Å². The van der Waals surface area contributed by atoms with Crippen LogP contribution in [0.15, 0.2) is 85.1 Å².